The molecule has 30 heavy (non-hydrogen) atoms. The first-order valence-corrected chi connectivity index (χ1v) is 12.2. The minimum absolute atomic E-state index is 0.0136. The van der Waals surface area contributed by atoms with E-state index in [-0.39, 0.29) is 39.9 Å². The second-order valence-corrected chi connectivity index (χ2v) is 10.3. The van der Waals surface area contributed by atoms with Crippen molar-refractivity contribution >= 4 is 37.4 Å². The Morgan fingerprint density at radius 1 is 1.10 bits per heavy atom. The zero-order valence-corrected chi connectivity index (χ0v) is 18.1. The summed E-state index contributed by atoms with van der Waals surface area (Å²) < 4.78 is 64.4. The molecule has 1 aliphatic heterocycles. The normalized spacial score (nSPS) is 16.0. The summed E-state index contributed by atoms with van der Waals surface area (Å²) in [6, 6.07) is 10.0. The van der Waals surface area contributed by atoms with Gasteiger partial charge in [0.05, 0.1) is 31.2 Å². The molecule has 1 heterocycles. The van der Waals surface area contributed by atoms with Gasteiger partial charge >= 0.3 is 5.97 Å². The second kappa shape index (κ2) is 8.52. The van der Waals surface area contributed by atoms with Crippen LogP contribution < -0.4 is 13.8 Å². The lowest BCUT2D eigenvalue weighted by atomic mass is 10.2. The molecule has 1 saturated heterocycles. The molecule has 0 spiro atoms. The van der Waals surface area contributed by atoms with Gasteiger partial charge in [0, 0.05) is 12.2 Å². The topological polar surface area (TPSA) is 119 Å². The van der Waals surface area contributed by atoms with Crippen LogP contribution in [-0.2, 0) is 24.8 Å². The van der Waals surface area contributed by atoms with Crippen molar-refractivity contribution < 1.29 is 31.1 Å². The summed E-state index contributed by atoms with van der Waals surface area (Å²) in [5.41, 5.74) is 0.577. The van der Waals surface area contributed by atoms with Crippen LogP contribution in [0.2, 0.25) is 0 Å². The van der Waals surface area contributed by atoms with Gasteiger partial charge in [0.1, 0.15) is 10.6 Å². The maximum Gasteiger partial charge on any atom is 0.337 e. The van der Waals surface area contributed by atoms with Crippen LogP contribution in [0.5, 0.6) is 5.75 Å². The number of nitrogens with zero attached hydrogens (tertiary/aromatic N) is 1. The maximum atomic E-state index is 13.1. The molecule has 0 atom stereocenters. The fourth-order valence-electron chi connectivity index (χ4n) is 3.15. The number of hydrogen-bond donors (Lipinski definition) is 1. The molecule has 2 aromatic carbocycles. The van der Waals surface area contributed by atoms with Gasteiger partial charge in [-0.2, -0.15) is 0 Å². The number of sulfonamides is 2. The van der Waals surface area contributed by atoms with Gasteiger partial charge in [-0.3, -0.25) is 9.03 Å². The Morgan fingerprint density at radius 2 is 1.87 bits per heavy atom. The third kappa shape index (κ3) is 4.51. The molecule has 11 heteroatoms. The van der Waals surface area contributed by atoms with Crippen LogP contribution >= 0.6 is 0 Å². The molecule has 0 amide bonds. The highest BCUT2D eigenvalue weighted by atomic mass is 32.2. The number of nitrogens with one attached hydrogen (secondary N) is 1. The summed E-state index contributed by atoms with van der Waals surface area (Å²) in [5.74, 6) is -0.532. The van der Waals surface area contributed by atoms with E-state index in [9.17, 15) is 21.6 Å². The van der Waals surface area contributed by atoms with Crippen molar-refractivity contribution in [2.45, 2.75) is 17.7 Å². The number of rotatable bonds is 6. The average molecular weight is 455 g/mol. The molecule has 1 N–H and O–H groups in total. The third-order valence-corrected chi connectivity index (χ3v) is 7.88. The minimum Gasteiger partial charge on any atom is -0.495 e. The largest absolute Gasteiger partial charge is 0.495 e. The molecular weight excluding hydrogens is 432 g/mol. The fourth-order valence-corrected chi connectivity index (χ4v) is 6.02. The van der Waals surface area contributed by atoms with Crippen LogP contribution in [0.1, 0.15) is 23.2 Å². The molecule has 0 saturated carbocycles. The summed E-state index contributed by atoms with van der Waals surface area (Å²) in [6.07, 6.45) is 1.25. The zero-order chi connectivity index (χ0) is 21.9. The summed E-state index contributed by atoms with van der Waals surface area (Å²) in [5, 5.41) is 0. The Bertz CT molecular complexity index is 1160. The molecule has 1 fully saturated rings. The predicted molar refractivity (Wildman–Crippen MR) is 112 cm³/mol. The van der Waals surface area contributed by atoms with Gasteiger partial charge < -0.3 is 9.47 Å². The number of carbonyl (C=O) groups is 1. The SMILES string of the molecule is COC(=O)c1cccc(NS(=O)(=O)c2cc(N3CCCCS3(=O)=O)ccc2OC)c1. The summed E-state index contributed by atoms with van der Waals surface area (Å²) in [4.78, 5) is 11.5. The molecule has 0 radical (unpaired) electrons. The Labute approximate surface area is 175 Å². The maximum absolute atomic E-state index is 13.1. The van der Waals surface area contributed by atoms with E-state index >= 15 is 0 Å². The van der Waals surface area contributed by atoms with Crippen LogP contribution in [0.25, 0.3) is 0 Å². The van der Waals surface area contributed by atoms with Crippen LogP contribution in [0.15, 0.2) is 47.4 Å². The quantitative estimate of drug-likeness (QED) is 0.665. The average Bonchev–Trinajstić information content (AvgIpc) is 2.72. The standard InChI is InChI=1S/C19H22N2O7S2/c1-27-17-9-8-16(21-10-3-4-11-29(21,23)24)13-18(17)30(25,26)20-15-7-5-6-14(12-15)19(22)28-2/h5-9,12-13,20H,3-4,10-11H2,1-2H3. The highest BCUT2D eigenvalue weighted by Gasteiger charge is 2.29. The first-order valence-electron chi connectivity index (χ1n) is 9.07. The van der Waals surface area contributed by atoms with Crippen LogP contribution in [0.4, 0.5) is 11.4 Å². The first-order chi connectivity index (χ1) is 14.2. The van der Waals surface area contributed by atoms with Gasteiger partial charge in [-0.15, -0.1) is 0 Å². The number of ether oxygens (including phenoxy) is 2. The van der Waals surface area contributed by atoms with Gasteiger partial charge in [0.2, 0.25) is 10.0 Å². The summed E-state index contributed by atoms with van der Waals surface area (Å²) >= 11 is 0. The number of anilines is 2. The van der Waals surface area contributed by atoms with Crippen LogP contribution in [0, 0.1) is 0 Å². The van der Waals surface area contributed by atoms with E-state index < -0.39 is 26.0 Å². The lowest BCUT2D eigenvalue weighted by molar-refractivity contribution is 0.0600. The van der Waals surface area contributed by atoms with Crippen molar-refractivity contribution in [2.24, 2.45) is 0 Å². The molecule has 0 unspecified atom stereocenters. The molecule has 0 aromatic heterocycles. The van der Waals surface area contributed by atoms with Crippen molar-refractivity contribution in [2.75, 3.05) is 35.5 Å². The van der Waals surface area contributed by atoms with E-state index in [1.165, 1.54) is 61.0 Å². The van der Waals surface area contributed by atoms with Crippen molar-refractivity contribution in [1.29, 1.82) is 0 Å². The van der Waals surface area contributed by atoms with E-state index in [2.05, 4.69) is 9.46 Å². The Balaban J connectivity index is 2.00. The molecule has 1 aliphatic rings. The zero-order valence-electron chi connectivity index (χ0n) is 16.5. The van der Waals surface area contributed by atoms with E-state index in [1.54, 1.807) is 0 Å². The monoisotopic (exact) mass is 454 g/mol. The highest BCUT2D eigenvalue weighted by Crippen LogP contribution is 2.32. The molecule has 0 aliphatic carbocycles. The fraction of sp³-hybridized carbons (Fsp3) is 0.316. The van der Waals surface area contributed by atoms with Gasteiger partial charge in [0.15, 0.2) is 0 Å². The van der Waals surface area contributed by atoms with E-state index in [0.29, 0.717) is 12.8 Å². The Morgan fingerprint density at radius 3 is 2.53 bits per heavy atom. The van der Waals surface area contributed by atoms with Gasteiger partial charge in [-0.1, -0.05) is 6.07 Å². The number of hydrogen-bond acceptors (Lipinski definition) is 7. The molecule has 162 valence electrons. The lowest BCUT2D eigenvalue weighted by Crippen LogP contribution is -2.37. The Kier molecular flexibility index (Phi) is 6.22. The molecule has 9 nitrogen and oxygen atoms in total. The number of benzene rings is 2. The third-order valence-electron chi connectivity index (χ3n) is 4.61. The van der Waals surface area contributed by atoms with Gasteiger partial charge in [0.25, 0.3) is 10.0 Å². The van der Waals surface area contributed by atoms with E-state index in [1.807, 2.05) is 0 Å². The summed E-state index contributed by atoms with van der Waals surface area (Å²) in [6.45, 7) is 0.281. The second-order valence-electron chi connectivity index (χ2n) is 6.61. The minimum atomic E-state index is -4.15. The number of carbonyl (C=O) groups excluding carboxylic acids is 1. The predicted octanol–water partition coefficient (Wildman–Crippen LogP) is 2.21. The van der Waals surface area contributed by atoms with Crippen LogP contribution in [0.3, 0.4) is 0 Å². The van der Waals surface area contributed by atoms with E-state index in [4.69, 9.17) is 4.74 Å². The number of methoxy groups -OCH3 is 2. The van der Waals surface area contributed by atoms with E-state index in [0.717, 1.165) is 0 Å². The van der Waals surface area contributed by atoms with Gasteiger partial charge in [-0.05, 0) is 49.2 Å². The molecule has 3 rings (SSSR count). The highest BCUT2D eigenvalue weighted by molar-refractivity contribution is 7.93. The first kappa shape index (κ1) is 21.9. The molecular formula is C19H22N2O7S2. The van der Waals surface area contributed by atoms with Crippen molar-refractivity contribution in [3.05, 3.63) is 48.0 Å². The van der Waals surface area contributed by atoms with Crippen LogP contribution in [-0.4, -0.2) is 49.3 Å². The number of esters is 1. The molecule has 0 bridgehead atoms. The molecule has 2 aromatic rings. The smallest absolute Gasteiger partial charge is 0.337 e. The van der Waals surface area contributed by atoms with Crippen molar-refractivity contribution in [1.82, 2.24) is 0 Å². The van der Waals surface area contributed by atoms with Crippen molar-refractivity contribution in [3.8, 4) is 5.75 Å². The lowest BCUT2D eigenvalue weighted by Gasteiger charge is -2.28. The Hall–Kier alpha value is -2.79. The summed E-state index contributed by atoms with van der Waals surface area (Å²) in [7, 11) is -5.11. The van der Waals surface area contributed by atoms with Gasteiger partial charge in [-0.25, -0.2) is 21.6 Å². The van der Waals surface area contributed by atoms with Crippen molar-refractivity contribution in [3.63, 3.8) is 0 Å².